The molecular formula is C23H20N2O5. The Bertz CT molecular complexity index is 1130. The number of carbonyl (C=O) groups excluding carboxylic acids is 2. The van der Waals surface area contributed by atoms with E-state index >= 15 is 0 Å². The lowest BCUT2D eigenvalue weighted by atomic mass is 10.1. The van der Waals surface area contributed by atoms with Gasteiger partial charge in [-0.05, 0) is 30.3 Å². The van der Waals surface area contributed by atoms with Gasteiger partial charge in [-0.1, -0.05) is 36.4 Å². The predicted octanol–water partition coefficient (Wildman–Crippen LogP) is 3.65. The molecule has 30 heavy (non-hydrogen) atoms. The molecule has 0 spiro atoms. The van der Waals surface area contributed by atoms with Crippen LogP contribution in [0.2, 0.25) is 0 Å². The highest BCUT2D eigenvalue weighted by atomic mass is 16.5. The Kier molecular flexibility index (Phi) is 5.80. The number of fused-ring (bicyclic) bond motifs is 1. The van der Waals surface area contributed by atoms with Gasteiger partial charge in [0.05, 0.1) is 19.4 Å². The van der Waals surface area contributed by atoms with Gasteiger partial charge in [0.1, 0.15) is 23.7 Å². The first-order valence-corrected chi connectivity index (χ1v) is 9.46. The van der Waals surface area contributed by atoms with Crippen LogP contribution in [-0.4, -0.2) is 18.4 Å². The monoisotopic (exact) mass is 404 g/mol. The molecule has 2 aromatic carbocycles. The molecule has 2 heterocycles. The summed E-state index contributed by atoms with van der Waals surface area (Å²) in [5.41, 5.74) is 1.21. The zero-order valence-electron chi connectivity index (χ0n) is 16.1. The van der Waals surface area contributed by atoms with E-state index in [0.29, 0.717) is 22.7 Å². The van der Waals surface area contributed by atoms with Crippen molar-refractivity contribution in [3.63, 3.8) is 0 Å². The normalized spacial score (nSPS) is 10.7. The molecule has 0 atom stereocenters. The number of ether oxygens (including phenoxy) is 1. The lowest BCUT2D eigenvalue weighted by molar-refractivity contribution is -0.120. The number of benzene rings is 2. The number of hydrogen-bond acceptors (Lipinski definition) is 5. The molecule has 4 aromatic rings. The molecule has 0 fully saturated rings. The van der Waals surface area contributed by atoms with Crippen LogP contribution in [0, 0.1) is 0 Å². The van der Waals surface area contributed by atoms with E-state index in [1.54, 1.807) is 18.2 Å². The molecule has 152 valence electrons. The Morgan fingerprint density at radius 2 is 1.70 bits per heavy atom. The highest BCUT2D eigenvalue weighted by molar-refractivity contribution is 6.00. The standard InChI is InChI=1S/C23H20N2O5/c26-21(24-13-17-9-6-12-28-17)14-25-23(27)22-19(15-29-16-7-2-1-3-8-16)18-10-4-5-11-20(18)30-22/h1-12H,13-15H2,(H,24,26)(H,25,27). The summed E-state index contributed by atoms with van der Waals surface area (Å²) in [6.45, 7) is 0.229. The number of hydrogen-bond donors (Lipinski definition) is 2. The molecule has 4 rings (SSSR count). The van der Waals surface area contributed by atoms with Gasteiger partial charge in [-0.25, -0.2) is 0 Å². The lowest BCUT2D eigenvalue weighted by Gasteiger charge is -2.08. The fourth-order valence-corrected chi connectivity index (χ4v) is 3.00. The second-order valence-corrected chi connectivity index (χ2v) is 6.55. The van der Waals surface area contributed by atoms with E-state index in [0.717, 1.165) is 5.39 Å². The number of amides is 2. The second-order valence-electron chi connectivity index (χ2n) is 6.55. The Labute approximate surface area is 172 Å². The zero-order chi connectivity index (χ0) is 20.8. The molecule has 2 amide bonds. The van der Waals surface area contributed by atoms with Crippen molar-refractivity contribution < 1.29 is 23.2 Å². The summed E-state index contributed by atoms with van der Waals surface area (Å²) in [7, 11) is 0. The molecule has 7 heteroatoms. The molecular weight excluding hydrogens is 384 g/mol. The first kappa shape index (κ1) is 19.3. The van der Waals surface area contributed by atoms with Crippen LogP contribution in [0.5, 0.6) is 5.75 Å². The largest absolute Gasteiger partial charge is 0.489 e. The lowest BCUT2D eigenvalue weighted by Crippen LogP contribution is -2.36. The molecule has 2 aromatic heterocycles. The van der Waals surface area contributed by atoms with Crippen molar-refractivity contribution in [1.29, 1.82) is 0 Å². The van der Waals surface area contributed by atoms with E-state index in [-0.39, 0.29) is 31.4 Å². The Morgan fingerprint density at radius 3 is 2.50 bits per heavy atom. The van der Waals surface area contributed by atoms with Crippen LogP contribution in [0.25, 0.3) is 11.0 Å². The van der Waals surface area contributed by atoms with E-state index in [4.69, 9.17) is 13.6 Å². The van der Waals surface area contributed by atoms with Gasteiger partial charge in [-0.3, -0.25) is 9.59 Å². The van der Waals surface area contributed by atoms with E-state index in [1.165, 1.54) is 6.26 Å². The molecule has 2 N–H and O–H groups in total. The maximum absolute atomic E-state index is 12.7. The predicted molar refractivity (Wildman–Crippen MR) is 110 cm³/mol. The van der Waals surface area contributed by atoms with Crippen LogP contribution in [0.4, 0.5) is 0 Å². The van der Waals surface area contributed by atoms with Gasteiger partial charge in [-0.2, -0.15) is 0 Å². The van der Waals surface area contributed by atoms with Gasteiger partial charge >= 0.3 is 0 Å². The van der Waals surface area contributed by atoms with E-state index < -0.39 is 5.91 Å². The molecule has 0 saturated heterocycles. The van der Waals surface area contributed by atoms with Crippen LogP contribution in [-0.2, 0) is 17.9 Å². The molecule has 0 unspecified atom stereocenters. The number of rotatable bonds is 8. The third-order valence-electron chi connectivity index (χ3n) is 4.48. The van der Waals surface area contributed by atoms with E-state index in [1.807, 2.05) is 48.5 Å². The van der Waals surface area contributed by atoms with Crippen molar-refractivity contribution in [2.45, 2.75) is 13.2 Å². The van der Waals surface area contributed by atoms with Crippen LogP contribution < -0.4 is 15.4 Å². The van der Waals surface area contributed by atoms with Crippen LogP contribution >= 0.6 is 0 Å². The highest BCUT2D eigenvalue weighted by Gasteiger charge is 2.21. The van der Waals surface area contributed by atoms with Crippen molar-refractivity contribution in [3.05, 3.63) is 90.1 Å². The summed E-state index contributed by atoms with van der Waals surface area (Å²) >= 11 is 0. The zero-order valence-corrected chi connectivity index (χ0v) is 16.1. The Morgan fingerprint density at radius 1 is 0.900 bits per heavy atom. The smallest absolute Gasteiger partial charge is 0.287 e. The minimum atomic E-state index is -0.481. The van der Waals surface area contributed by atoms with Gasteiger partial charge in [-0.15, -0.1) is 0 Å². The fourth-order valence-electron chi connectivity index (χ4n) is 3.00. The first-order chi connectivity index (χ1) is 14.7. The van der Waals surface area contributed by atoms with Crippen LogP contribution in [0.3, 0.4) is 0 Å². The average molecular weight is 404 g/mol. The maximum atomic E-state index is 12.7. The summed E-state index contributed by atoms with van der Waals surface area (Å²) in [6.07, 6.45) is 1.53. The minimum Gasteiger partial charge on any atom is -0.489 e. The van der Waals surface area contributed by atoms with Gasteiger partial charge in [0.2, 0.25) is 5.91 Å². The molecule has 0 aliphatic carbocycles. The molecule has 0 aliphatic rings. The molecule has 7 nitrogen and oxygen atoms in total. The molecule has 0 aliphatic heterocycles. The minimum absolute atomic E-state index is 0.131. The maximum Gasteiger partial charge on any atom is 0.287 e. The fraction of sp³-hybridized carbons (Fsp3) is 0.130. The number of furan rings is 2. The number of carbonyl (C=O) groups is 2. The number of nitrogens with one attached hydrogen (secondary N) is 2. The summed E-state index contributed by atoms with van der Waals surface area (Å²) in [6, 6.07) is 20.2. The van der Waals surface area contributed by atoms with Gasteiger partial charge < -0.3 is 24.2 Å². The van der Waals surface area contributed by atoms with Crippen molar-refractivity contribution in [2.24, 2.45) is 0 Å². The first-order valence-electron chi connectivity index (χ1n) is 9.46. The third kappa shape index (κ3) is 4.52. The highest BCUT2D eigenvalue weighted by Crippen LogP contribution is 2.27. The summed E-state index contributed by atoms with van der Waals surface area (Å²) in [4.78, 5) is 24.7. The van der Waals surface area contributed by atoms with Crippen LogP contribution in [0.1, 0.15) is 21.9 Å². The topological polar surface area (TPSA) is 93.7 Å². The van der Waals surface area contributed by atoms with Crippen molar-refractivity contribution in [1.82, 2.24) is 10.6 Å². The molecule has 0 bridgehead atoms. The van der Waals surface area contributed by atoms with Crippen LogP contribution in [0.15, 0.2) is 81.8 Å². The number of para-hydroxylation sites is 2. The summed E-state index contributed by atoms with van der Waals surface area (Å²) in [5.74, 6) is 0.633. The third-order valence-corrected chi connectivity index (χ3v) is 4.48. The van der Waals surface area contributed by atoms with Gasteiger partial charge in [0, 0.05) is 10.9 Å². The van der Waals surface area contributed by atoms with E-state index in [9.17, 15) is 9.59 Å². The second kappa shape index (κ2) is 9.00. The SMILES string of the molecule is O=C(CNC(=O)c1oc2ccccc2c1COc1ccccc1)NCc1ccco1. The van der Waals surface area contributed by atoms with Gasteiger partial charge in [0.15, 0.2) is 5.76 Å². The van der Waals surface area contributed by atoms with Crippen molar-refractivity contribution in [3.8, 4) is 5.75 Å². The summed E-state index contributed by atoms with van der Waals surface area (Å²) < 4.78 is 16.7. The Hall–Kier alpha value is -4.00. The van der Waals surface area contributed by atoms with Crippen molar-refractivity contribution >= 4 is 22.8 Å². The quantitative estimate of drug-likeness (QED) is 0.468. The Balaban J connectivity index is 1.44. The van der Waals surface area contributed by atoms with E-state index in [2.05, 4.69) is 10.6 Å². The van der Waals surface area contributed by atoms with Gasteiger partial charge in [0.25, 0.3) is 5.91 Å². The summed E-state index contributed by atoms with van der Waals surface area (Å²) in [5, 5.41) is 6.07. The van der Waals surface area contributed by atoms with Crippen molar-refractivity contribution in [2.75, 3.05) is 6.54 Å². The molecule has 0 saturated carbocycles. The molecule has 0 radical (unpaired) electrons. The average Bonchev–Trinajstić information content (AvgIpc) is 3.43.